The van der Waals surface area contributed by atoms with Gasteiger partial charge in [0.25, 0.3) is 0 Å². The lowest BCUT2D eigenvalue weighted by Gasteiger charge is -2.22. The smallest absolute Gasteiger partial charge is 0.325 e. The molecule has 102 valence electrons. The van der Waals surface area contributed by atoms with Crippen LogP contribution in [0.15, 0.2) is 24.7 Å². The Morgan fingerprint density at radius 1 is 1.42 bits per heavy atom. The van der Waals surface area contributed by atoms with Gasteiger partial charge in [-0.05, 0) is 19.4 Å². The molecule has 2 aromatic heterocycles. The number of aromatic nitrogens is 3. The van der Waals surface area contributed by atoms with Gasteiger partial charge < -0.3 is 9.64 Å². The number of nitrogens with zero attached hydrogens (tertiary/aromatic N) is 4. The number of hydrogen-bond donors (Lipinski definition) is 0. The normalized spacial score (nSPS) is 10.6. The first-order valence-electron chi connectivity index (χ1n) is 6.45. The Balaban J connectivity index is 2.27. The standard InChI is InChI=1S/C13H18N4O2/c1-3-8-16(10-12(18)19-4-2)13-11-5-6-15-17(11)9-7-14-13/h5-7,9H,3-4,8,10H2,1-2H3. The van der Waals surface area contributed by atoms with Crippen LogP contribution in [0.3, 0.4) is 0 Å². The predicted molar refractivity (Wildman–Crippen MR) is 72.1 cm³/mol. The van der Waals surface area contributed by atoms with E-state index in [0.29, 0.717) is 6.61 Å². The van der Waals surface area contributed by atoms with Crippen molar-refractivity contribution >= 4 is 17.3 Å². The fourth-order valence-electron chi connectivity index (χ4n) is 1.98. The molecular formula is C13H18N4O2. The second-order valence-electron chi connectivity index (χ2n) is 4.14. The van der Waals surface area contributed by atoms with Crippen molar-refractivity contribution in [2.24, 2.45) is 0 Å². The Hall–Kier alpha value is -2.11. The zero-order valence-corrected chi connectivity index (χ0v) is 11.2. The summed E-state index contributed by atoms with van der Waals surface area (Å²) in [5.74, 6) is 0.522. The Morgan fingerprint density at radius 2 is 2.26 bits per heavy atom. The zero-order valence-electron chi connectivity index (χ0n) is 11.2. The second kappa shape index (κ2) is 6.17. The molecule has 19 heavy (non-hydrogen) atoms. The number of carbonyl (C=O) groups excluding carboxylic acids is 1. The summed E-state index contributed by atoms with van der Waals surface area (Å²) in [7, 11) is 0. The average molecular weight is 262 g/mol. The van der Waals surface area contributed by atoms with Crippen LogP contribution in [-0.4, -0.2) is 40.3 Å². The summed E-state index contributed by atoms with van der Waals surface area (Å²) in [5, 5.41) is 4.17. The molecule has 0 unspecified atom stereocenters. The van der Waals surface area contributed by atoms with Crippen LogP contribution in [0.25, 0.3) is 5.52 Å². The van der Waals surface area contributed by atoms with Crippen molar-refractivity contribution in [2.75, 3.05) is 24.6 Å². The van der Waals surface area contributed by atoms with E-state index < -0.39 is 0 Å². The molecule has 2 rings (SSSR count). The molecule has 2 heterocycles. The van der Waals surface area contributed by atoms with Crippen LogP contribution in [0.1, 0.15) is 20.3 Å². The minimum Gasteiger partial charge on any atom is -0.465 e. The molecule has 0 aliphatic carbocycles. The molecule has 0 bridgehead atoms. The first-order valence-corrected chi connectivity index (χ1v) is 6.45. The summed E-state index contributed by atoms with van der Waals surface area (Å²) in [6.45, 7) is 5.21. The third-order valence-corrected chi connectivity index (χ3v) is 2.72. The molecular weight excluding hydrogens is 244 g/mol. The highest BCUT2D eigenvalue weighted by Crippen LogP contribution is 2.18. The SMILES string of the molecule is CCCN(CC(=O)OCC)c1nccn2nccc12. The van der Waals surface area contributed by atoms with Crippen molar-refractivity contribution in [3.05, 3.63) is 24.7 Å². The third-order valence-electron chi connectivity index (χ3n) is 2.72. The summed E-state index contributed by atoms with van der Waals surface area (Å²) < 4.78 is 6.75. The average Bonchev–Trinajstić information content (AvgIpc) is 2.86. The van der Waals surface area contributed by atoms with E-state index in [2.05, 4.69) is 17.0 Å². The Bertz CT molecular complexity index is 552. The van der Waals surface area contributed by atoms with Crippen LogP contribution in [-0.2, 0) is 9.53 Å². The molecule has 0 saturated heterocycles. The molecule has 6 heteroatoms. The Morgan fingerprint density at radius 3 is 3.00 bits per heavy atom. The van der Waals surface area contributed by atoms with E-state index >= 15 is 0 Å². The lowest BCUT2D eigenvalue weighted by molar-refractivity contribution is -0.141. The maximum absolute atomic E-state index is 11.7. The maximum atomic E-state index is 11.7. The van der Waals surface area contributed by atoms with E-state index in [0.717, 1.165) is 24.3 Å². The number of rotatable bonds is 6. The van der Waals surface area contributed by atoms with Crippen LogP contribution in [0.5, 0.6) is 0 Å². The molecule has 0 fully saturated rings. The second-order valence-corrected chi connectivity index (χ2v) is 4.14. The van der Waals surface area contributed by atoms with E-state index in [9.17, 15) is 4.79 Å². The fraction of sp³-hybridized carbons (Fsp3) is 0.462. The van der Waals surface area contributed by atoms with Gasteiger partial charge >= 0.3 is 5.97 Å². The van der Waals surface area contributed by atoms with Crippen molar-refractivity contribution < 1.29 is 9.53 Å². The summed E-state index contributed by atoms with van der Waals surface area (Å²) in [4.78, 5) is 18.0. The number of fused-ring (bicyclic) bond motifs is 1. The van der Waals surface area contributed by atoms with Gasteiger partial charge in [-0.1, -0.05) is 6.92 Å². The Labute approximate surface area is 112 Å². The third kappa shape index (κ3) is 3.01. The summed E-state index contributed by atoms with van der Waals surface area (Å²) in [6.07, 6.45) is 6.11. The van der Waals surface area contributed by atoms with Crippen LogP contribution in [0, 0.1) is 0 Å². The van der Waals surface area contributed by atoms with Gasteiger partial charge in [-0.15, -0.1) is 0 Å². The minimum atomic E-state index is -0.237. The van der Waals surface area contributed by atoms with Gasteiger partial charge in [0, 0.05) is 18.9 Å². The molecule has 6 nitrogen and oxygen atoms in total. The quantitative estimate of drug-likeness (QED) is 0.738. The number of carbonyl (C=O) groups is 1. The Kier molecular flexibility index (Phi) is 4.33. The molecule has 0 aliphatic heterocycles. The van der Waals surface area contributed by atoms with Gasteiger partial charge in [-0.2, -0.15) is 5.10 Å². The van der Waals surface area contributed by atoms with Crippen LogP contribution in [0.4, 0.5) is 5.82 Å². The highest BCUT2D eigenvalue weighted by atomic mass is 16.5. The molecule has 0 saturated carbocycles. The van der Waals surface area contributed by atoms with E-state index in [1.807, 2.05) is 11.0 Å². The monoisotopic (exact) mass is 262 g/mol. The number of anilines is 1. The molecule has 0 spiro atoms. The van der Waals surface area contributed by atoms with Crippen molar-refractivity contribution in [1.82, 2.24) is 14.6 Å². The topological polar surface area (TPSA) is 59.7 Å². The van der Waals surface area contributed by atoms with Gasteiger partial charge in [-0.3, -0.25) is 4.79 Å². The van der Waals surface area contributed by atoms with Crippen molar-refractivity contribution in [1.29, 1.82) is 0 Å². The minimum absolute atomic E-state index is 0.208. The first kappa shape index (κ1) is 13.3. The van der Waals surface area contributed by atoms with Crippen LogP contribution >= 0.6 is 0 Å². The van der Waals surface area contributed by atoms with E-state index in [1.54, 1.807) is 30.0 Å². The van der Waals surface area contributed by atoms with Crippen molar-refractivity contribution in [3.8, 4) is 0 Å². The summed E-state index contributed by atoms with van der Waals surface area (Å²) in [6, 6.07) is 1.89. The first-order chi connectivity index (χ1) is 9.26. The van der Waals surface area contributed by atoms with E-state index in [1.165, 1.54) is 0 Å². The highest BCUT2D eigenvalue weighted by Gasteiger charge is 2.15. The van der Waals surface area contributed by atoms with Crippen LogP contribution < -0.4 is 4.90 Å². The zero-order chi connectivity index (χ0) is 13.7. The van der Waals surface area contributed by atoms with Gasteiger partial charge in [-0.25, -0.2) is 9.50 Å². The molecule has 0 aromatic carbocycles. The van der Waals surface area contributed by atoms with Crippen LogP contribution in [0.2, 0.25) is 0 Å². The highest BCUT2D eigenvalue weighted by molar-refractivity contribution is 5.78. The summed E-state index contributed by atoms with van der Waals surface area (Å²) >= 11 is 0. The molecule has 0 atom stereocenters. The number of esters is 1. The predicted octanol–water partition coefficient (Wildman–Crippen LogP) is 1.51. The van der Waals surface area contributed by atoms with Gasteiger partial charge in [0.1, 0.15) is 12.1 Å². The van der Waals surface area contributed by atoms with Gasteiger partial charge in [0.05, 0.1) is 12.8 Å². The van der Waals surface area contributed by atoms with Gasteiger partial charge in [0.15, 0.2) is 5.82 Å². The molecule has 0 radical (unpaired) electrons. The molecule has 2 aromatic rings. The number of ether oxygens (including phenoxy) is 1. The van der Waals surface area contributed by atoms with Crippen molar-refractivity contribution in [3.63, 3.8) is 0 Å². The molecule has 0 N–H and O–H groups in total. The lowest BCUT2D eigenvalue weighted by atomic mass is 10.3. The molecule has 0 aliphatic rings. The molecule has 0 amide bonds. The maximum Gasteiger partial charge on any atom is 0.325 e. The summed E-state index contributed by atoms with van der Waals surface area (Å²) in [5.41, 5.74) is 0.889. The van der Waals surface area contributed by atoms with Crippen molar-refractivity contribution in [2.45, 2.75) is 20.3 Å². The van der Waals surface area contributed by atoms with E-state index in [-0.39, 0.29) is 12.5 Å². The fourth-order valence-corrected chi connectivity index (χ4v) is 1.98. The largest absolute Gasteiger partial charge is 0.465 e. The number of hydrogen-bond acceptors (Lipinski definition) is 5. The van der Waals surface area contributed by atoms with E-state index in [4.69, 9.17) is 4.74 Å². The van der Waals surface area contributed by atoms with Gasteiger partial charge in [0.2, 0.25) is 0 Å². The lowest BCUT2D eigenvalue weighted by Crippen LogP contribution is -2.32.